The van der Waals surface area contributed by atoms with Crippen molar-refractivity contribution in [2.24, 2.45) is 5.92 Å². The molecule has 108 valence electrons. The third kappa shape index (κ3) is 6.11. The zero-order valence-electron chi connectivity index (χ0n) is 12.9. The molecule has 0 radical (unpaired) electrons. The molecule has 1 aromatic rings. The highest BCUT2D eigenvalue weighted by molar-refractivity contribution is 5.35. The van der Waals surface area contributed by atoms with Gasteiger partial charge >= 0.3 is 0 Å². The molecule has 0 aliphatic carbocycles. The Labute approximate surface area is 118 Å². The highest BCUT2D eigenvalue weighted by atomic mass is 16.5. The molecule has 2 nitrogen and oxygen atoms in total. The third-order valence-corrected chi connectivity index (χ3v) is 3.37. The lowest BCUT2D eigenvalue weighted by atomic mass is 9.98. The Hall–Kier alpha value is -1.02. The van der Waals surface area contributed by atoms with E-state index in [0.29, 0.717) is 11.8 Å². The van der Waals surface area contributed by atoms with Crippen molar-refractivity contribution < 1.29 is 4.74 Å². The molecule has 0 spiro atoms. The number of rotatable bonds is 9. The molecule has 1 aromatic carbocycles. The second kappa shape index (κ2) is 8.98. The maximum Gasteiger partial charge on any atom is 0.122 e. The molecule has 0 amide bonds. The first-order chi connectivity index (χ1) is 9.15. The molecule has 1 unspecified atom stereocenters. The van der Waals surface area contributed by atoms with Crippen molar-refractivity contribution in [3.63, 3.8) is 0 Å². The lowest BCUT2D eigenvalue weighted by Gasteiger charge is -2.15. The van der Waals surface area contributed by atoms with Gasteiger partial charge in [-0.15, -0.1) is 0 Å². The minimum atomic E-state index is 0.565. The Morgan fingerprint density at radius 3 is 2.58 bits per heavy atom. The van der Waals surface area contributed by atoms with E-state index in [-0.39, 0.29) is 0 Å². The van der Waals surface area contributed by atoms with E-state index in [1.54, 1.807) is 0 Å². The predicted molar refractivity (Wildman–Crippen MR) is 83.0 cm³/mol. The van der Waals surface area contributed by atoms with Crippen LogP contribution in [0.25, 0.3) is 0 Å². The molecule has 0 aromatic heterocycles. The van der Waals surface area contributed by atoms with Crippen molar-refractivity contribution in [1.82, 2.24) is 5.32 Å². The van der Waals surface area contributed by atoms with Crippen LogP contribution in [0.1, 0.15) is 52.0 Å². The number of hydrogen-bond donors (Lipinski definition) is 1. The van der Waals surface area contributed by atoms with E-state index in [4.69, 9.17) is 4.74 Å². The second-order valence-electron chi connectivity index (χ2n) is 5.65. The average Bonchev–Trinajstić information content (AvgIpc) is 2.42. The summed E-state index contributed by atoms with van der Waals surface area (Å²) in [6.07, 6.45) is 2.21. The monoisotopic (exact) mass is 263 g/mol. The average molecular weight is 263 g/mol. The standard InChI is InChI=1S/C17H29NO/c1-5-15(4)16-9-6-7-10-17(16)19-12-8-11-18-13-14(2)3/h6-7,9-10,14-15,18H,5,8,11-13H2,1-4H3. The normalized spacial score (nSPS) is 12.7. The fourth-order valence-electron chi connectivity index (χ4n) is 2.01. The quantitative estimate of drug-likeness (QED) is 0.674. The second-order valence-corrected chi connectivity index (χ2v) is 5.65. The third-order valence-electron chi connectivity index (χ3n) is 3.37. The van der Waals surface area contributed by atoms with Crippen LogP contribution in [0, 0.1) is 5.92 Å². The summed E-state index contributed by atoms with van der Waals surface area (Å²) in [6.45, 7) is 11.8. The summed E-state index contributed by atoms with van der Waals surface area (Å²) in [6, 6.07) is 8.42. The topological polar surface area (TPSA) is 21.3 Å². The molecular formula is C17H29NO. The van der Waals surface area contributed by atoms with Crippen LogP contribution in [-0.4, -0.2) is 19.7 Å². The Morgan fingerprint density at radius 1 is 1.16 bits per heavy atom. The number of ether oxygens (including phenoxy) is 1. The van der Waals surface area contributed by atoms with Crippen molar-refractivity contribution in [2.45, 2.75) is 46.5 Å². The number of nitrogens with one attached hydrogen (secondary N) is 1. The van der Waals surface area contributed by atoms with Crippen LogP contribution in [0.15, 0.2) is 24.3 Å². The highest BCUT2D eigenvalue weighted by Gasteiger charge is 2.08. The lowest BCUT2D eigenvalue weighted by molar-refractivity contribution is 0.302. The van der Waals surface area contributed by atoms with Gasteiger partial charge in [0.25, 0.3) is 0 Å². The van der Waals surface area contributed by atoms with Crippen LogP contribution in [0.5, 0.6) is 5.75 Å². The van der Waals surface area contributed by atoms with Crippen LogP contribution in [0.3, 0.4) is 0 Å². The highest BCUT2D eigenvalue weighted by Crippen LogP contribution is 2.28. The van der Waals surface area contributed by atoms with Gasteiger partial charge < -0.3 is 10.1 Å². The summed E-state index contributed by atoms with van der Waals surface area (Å²) in [5.74, 6) is 2.34. The Bertz CT molecular complexity index is 349. The van der Waals surface area contributed by atoms with Gasteiger partial charge in [0, 0.05) is 0 Å². The molecule has 1 atom stereocenters. The van der Waals surface area contributed by atoms with E-state index in [1.807, 2.05) is 0 Å². The smallest absolute Gasteiger partial charge is 0.122 e. The van der Waals surface area contributed by atoms with Gasteiger partial charge in [-0.2, -0.15) is 0 Å². The van der Waals surface area contributed by atoms with Crippen LogP contribution in [0.2, 0.25) is 0 Å². The first kappa shape index (κ1) is 16.0. The van der Waals surface area contributed by atoms with Gasteiger partial charge in [-0.05, 0) is 49.4 Å². The lowest BCUT2D eigenvalue weighted by Crippen LogP contribution is -2.22. The van der Waals surface area contributed by atoms with Gasteiger partial charge in [0.1, 0.15) is 5.75 Å². The summed E-state index contributed by atoms with van der Waals surface area (Å²) in [5.41, 5.74) is 1.33. The van der Waals surface area contributed by atoms with Gasteiger partial charge in [0.05, 0.1) is 6.61 Å². The van der Waals surface area contributed by atoms with Crippen molar-refractivity contribution in [2.75, 3.05) is 19.7 Å². The van der Waals surface area contributed by atoms with Crippen LogP contribution in [-0.2, 0) is 0 Å². The Balaban J connectivity index is 2.33. The van der Waals surface area contributed by atoms with Crippen LogP contribution >= 0.6 is 0 Å². The summed E-state index contributed by atoms with van der Waals surface area (Å²) < 4.78 is 5.93. The minimum Gasteiger partial charge on any atom is -0.493 e. The van der Waals surface area contributed by atoms with Crippen LogP contribution in [0.4, 0.5) is 0 Å². The number of hydrogen-bond acceptors (Lipinski definition) is 2. The molecule has 0 aliphatic rings. The first-order valence-electron chi connectivity index (χ1n) is 7.57. The molecule has 1 rings (SSSR count). The SMILES string of the molecule is CCC(C)c1ccccc1OCCCNCC(C)C. The van der Waals surface area contributed by atoms with Crippen LogP contribution < -0.4 is 10.1 Å². The summed E-state index contributed by atoms with van der Waals surface area (Å²) in [7, 11) is 0. The van der Waals surface area contributed by atoms with Crippen molar-refractivity contribution in [1.29, 1.82) is 0 Å². The molecule has 0 heterocycles. The van der Waals surface area contributed by atoms with E-state index < -0.39 is 0 Å². The molecule has 0 saturated heterocycles. The fourth-order valence-corrected chi connectivity index (χ4v) is 2.01. The van der Waals surface area contributed by atoms with Gasteiger partial charge in [0.2, 0.25) is 0 Å². The number of benzene rings is 1. The molecule has 0 bridgehead atoms. The fraction of sp³-hybridized carbons (Fsp3) is 0.647. The molecule has 0 saturated carbocycles. The zero-order chi connectivity index (χ0) is 14.1. The minimum absolute atomic E-state index is 0.565. The maximum atomic E-state index is 5.93. The summed E-state index contributed by atoms with van der Waals surface area (Å²) >= 11 is 0. The molecular weight excluding hydrogens is 234 g/mol. The first-order valence-corrected chi connectivity index (χ1v) is 7.57. The largest absolute Gasteiger partial charge is 0.493 e. The zero-order valence-corrected chi connectivity index (χ0v) is 12.9. The summed E-state index contributed by atoms with van der Waals surface area (Å²) in [4.78, 5) is 0. The van der Waals surface area contributed by atoms with Gasteiger partial charge in [0.15, 0.2) is 0 Å². The van der Waals surface area contributed by atoms with Crippen molar-refractivity contribution in [3.8, 4) is 5.75 Å². The summed E-state index contributed by atoms with van der Waals surface area (Å²) in [5, 5.41) is 3.44. The molecule has 1 N–H and O–H groups in total. The molecule has 0 aliphatic heterocycles. The molecule has 2 heteroatoms. The van der Waals surface area contributed by atoms with Crippen molar-refractivity contribution >= 4 is 0 Å². The van der Waals surface area contributed by atoms with Gasteiger partial charge in [-0.3, -0.25) is 0 Å². The van der Waals surface area contributed by atoms with E-state index in [1.165, 1.54) is 5.56 Å². The Kier molecular flexibility index (Phi) is 7.57. The van der Waals surface area contributed by atoms with E-state index >= 15 is 0 Å². The van der Waals surface area contributed by atoms with Crippen molar-refractivity contribution in [3.05, 3.63) is 29.8 Å². The van der Waals surface area contributed by atoms with E-state index in [0.717, 1.165) is 38.3 Å². The van der Waals surface area contributed by atoms with Gasteiger partial charge in [-0.25, -0.2) is 0 Å². The van der Waals surface area contributed by atoms with E-state index in [2.05, 4.69) is 57.3 Å². The van der Waals surface area contributed by atoms with E-state index in [9.17, 15) is 0 Å². The molecule has 19 heavy (non-hydrogen) atoms. The maximum absolute atomic E-state index is 5.93. The van der Waals surface area contributed by atoms with Gasteiger partial charge in [-0.1, -0.05) is 45.9 Å². The Morgan fingerprint density at radius 2 is 1.89 bits per heavy atom. The number of para-hydroxylation sites is 1. The molecule has 0 fully saturated rings. The predicted octanol–water partition coefficient (Wildman–Crippen LogP) is 4.21.